The van der Waals surface area contributed by atoms with Crippen LogP contribution < -0.4 is 10.0 Å². The van der Waals surface area contributed by atoms with Gasteiger partial charge in [0.05, 0.1) is 18.0 Å². The van der Waals surface area contributed by atoms with E-state index >= 15 is 0 Å². The van der Waals surface area contributed by atoms with Gasteiger partial charge in [0, 0.05) is 6.42 Å². The lowest BCUT2D eigenvalue weighted by Gasteiger charge is -2.19. The van der Waals surface area contributed by atoms with Gasteiger partial charge in [-0.2, -0.15) is 0 Å². The molecule has 32 heavy (non-hydrogen) atoms. The van der Waals surface area contributed by atoms with E-state index < -0.39 is 34.5 Å². The average Bonchev–Trinajstić information content (AvgIpc) is 2.73. The zero-order valence-corrected chi connectivity index (χ0v) is 19.5. The van der Waals surface area contributed by atoms with Crippen molar-refractivity contribution in [2.75, 3.05) is 13.2 Å². The van der Waals surface area contributed by atoms with E-state index in [0.29, 0.717) is 5.56 Å². The monoisotopic (exact) mass is 462 g/mol. The molecule has 2 aromatic carbocycles. The molecule has 0 aliphatic heterocycles. The summed E-state index contributed by atoms with van der Waals surface area (Å²) in [4.78, 5) is 24.7. The van der Waals surface area contributed by atoms with Gasteiger partial charge in [-0.25, -0.2) is 17.9 Å². The number of ether oxygens (including phenoxy) is 1. The number of benzene rings is 2. The minimum Gasteiger partial charge on any atom is -0.508 e. The number of aromatic hydroxyl groups is 1. The Kier molecular flexibility index (Phi) is 8.40. The predicted octanol–water partition coefficient (Wildman–Crippen LogP) is 2.26. The number of hydrogen-bond donors (Lipinski definition) is 3. The summed E-state index contributed by atoms with van der Waals surface area (Å²) in [5.74, 6) is -1.22. The number of phenols is 1. The van der Waals surface area contributed by atoms with E-state index in [9.17, 15) is 23.1 Å². The van der Waals surface area contributed by atoms with Gasteiger partial charge < -0.3 is 15.2 Å². The van der Waals surface area contributed by atoms with Crippen molar-refractivity contribution in [3.8, 4) is 5.75 Å². The number of carbonyl (C=O) groups is 2. The van der Waals surface area contributed by atoms with Gasteiger partial charge in [0.15, 0.2) is 0 Å². The Bertz CT molecular complexity index is 1030. The highest BCUT2D eigenvalue weighted by atomic mass is 32.2. The van der Waals surface area contributed by atoms with E-state index in [1.807, 2.05) is 20.8 Å². The van der Waals surface area contributed by atoms with Gasteiger partial charge in [-0.3, -0.25) is 4.79 Å². The number of amides is 1. The summed E-state index contributed by atoms with van der Waals surface area (Å²) in [7, 11) is -3.90. The topological polar surface area (TPSA) is 122 Å². The van der Waals surface area contributed by atoms with E-state index in [2.05, 4.69) is 10.0 Å². The van der Waals surface area contributed by atoms with Gasteiger partial charge >= 0.3 is 5.97 Å². The predicted molar refractivity (Wildman–Crippen MR) is 121 cm³/mol. The quantitative estimate of drug-likeness (QED) is 0.492. The smallest absolute Gasteiger partial charge is 0.328 e. The maximum atomic E-state index is 12.5. The molecule has 0 radical (unpaired) electrons. The zero-order chi connectivity index (χ0) is 23.9. The Labute approximate surface area is 189 Å². The normalized spacial score (nSPS) is 12.8. The van der Waals surface area contributed by atoms with Crippen LogP contribution in [-0.4, -0.2) is 44.6 Å². The highest BCUT2D eigenvalue weighted by Gasteiger charge is 2.24. The molecular weight excluding hydrogens is 432 g/mol. The molecule has 1 atom stereocenters. The Morgan fingerprint density at radius 1 is 1.03 bits per heavy atom. The van der Waals surface area contributed by atoms with Crippen LogP contribution in [-0.2, 0) is 36.2 Å². The summed E-state index contributed by atoms with van der Waals surface area (Å²) in [5.41, 5.74) is 1.57. The van der Waals surface area contributed by atoms with E-state index in [1.54, 1.807) is 31.2 Å². The molecule has 2 aromatic rings. The van der Waals surface area contributed by atoms with Crippen molar-refractivity contribution < 1.29 is 27.9 Å². The summed E-state index contributed by atoms with van der Waals surface area (Å²) < 4.78 is 32.3. The van der Waals surface area contributed by atoms with Gasteiger partial charge in [-0.15, -0.1) is 0 Å². The van der Waals surface area contributed by atoms with Crippen molar-refractivity contribution in [3.05, 3.63) is 59.7 Å². The van der Waals surface area contributed by atoms with Crippen LogP contribution in [0.4, 0.5) is 0 Å². The molecule has 2 rings (SSSR count). The molecule has 1 unspecified atom stereocenters. The molecular formula is C23H30N2O6S. The van der Waals surface area contributed by atoms with Crippen molar-refractivity contribution in [3.63, 3.8) is 0 Å². The number of hydrogen-bond acceptors (Lipinski definition) is 6. The van der Waals surface area contributed by atoms with E-state index in [1.165, 1.54) is 24.3 Å². The second kappa shape index (κ2) is 10.6. The first-order valence-corrected chi connectivity index (χ1v) is 11.7. The minimum absolute atomic E-state index is 0.0457. The third-order valence-electron chi connectivity index (χ3n) is 4.74. The molecule has 0 aliphatic carbocycles. The molecule has 0 aromatic heterocycles. The molecule has 1 amide bonds. The van der Waals surface area contributed by atoms with Crippen LogP contribution in [0.15, 0.2) is 53.4 Å². The average molecular weight is 463 g/mol. The minimum atomic E-state index is -3.90. The van der Waals surface area contributed by atoms with Crippen molar-refractivity contribution in [2.45, 2.75) is 50.5 Å². The number of sulfonamides is 1. The highest BCUT2D eigenvalue weighted by molar-refractivity contribution is 7.89. The second-order valence-electron chi connectivity index (χ2n) is 8.34. The van der Waals surface area contributed by atoms with Crippen LogP contribution in [0, 0.1) is 0 Å². The number of esters is 1. The van der Waals surface area contributed by atoms with Crippen LogP contribution in [0.1, 0.15) is 38.8 Å². The number of carbonyl (C=O) groups excluding carboxylic acids is 2. The van der Waals surface area contributed by atoms with E-state index in [4.69, 9.17) is 4.74 Å². The first-order chi connectivity index (χ1) is 14.9. The largest absolute Gasteiger partial charge is 0.508 e. The van der Waals surface area contributed by atoms with Crippen molar-refractivity contribution >= 4 is 21.9 Å². The summed E-state index contributed by atoms with van der Waals surface area (Å²) in [6.07, 6.45) is 0.131. The Morgan fingerprint density at radius 3 is 2.16 bits per heavy atom. The van der Waals surface area contributed by atoms with Crippen molar-refractivity contribution in [1.82, 2.24) is 10.0 Å². The second-order valence-corrected chi connectivity index (χ2v) is 10.1. The third-order valence-corrected chi connectivity index (χ3v) is 6.15. The molecule has 174 valence electrons. The van der Waals surface area contributed by atoms with E-state index in [-0.39, 0.29) is 29.1 Å². The number of phenolic OH excluding ortho intramolecular Hbond substituents is 1. The highest BCUT2D eigenvalue weighted by Crippen LogP contribution is 2.23. The Hall–Kier alpha value is -2.91. The molecule has 0 bridgehead atoms. The zero-order valence-electron chi connectivity index (χ0n) is 18.7. The maximum absolute atomic E-state index is 12.5. The van der Waals surface area contributed by atoms with Gasteiger partial charge in [-0.1, -0.05) is 45.0 Å². The lowest BCUT2D eigenvalue weighted by Crippen LogP contribution is -2.47. The number of rotatable bonds is 9. The molecule has 3 N–H and O–H groups in total. The first-order valence-electron chi connectivity index (χ1n) is 10.3. The standard InChI is InChI=1S/C23H30N2O6S/c1-5-31-22(28)20(14-16-6-10-18(26)11-7-16)25-21(27)15-24-32(29,30)19-12-8-17(9-13-19)23(2,3)4/h6-13,20,24,26H,5,14-15H2,1-4H3,(H,25,27). The van der Waals surface area contributed by atoms with E-state index in [0.717, 1.165) is 5.56 Å². The molecule has 0 heterocycles. The fraction of sp³-hybridized carbons (Fsp3) is 0.391. The summed E-state index contributed by atoms with van der Waals surface area (Å²) in [6, 6.07) is 11.7. The molecule has 0 saturated heterocycles. The van der Waals surface area contributed by atoms with Gasteiger partial charge in [0.2, 0.25) is 15.9 Å². The summed E-state index contributed by atoms with van der Waals surface area (Å²) in [6.45, 7) is 7.33. The maximum Gasteiger partial charge on any atom is 0.328 e. The van der Waals surface area contributed by atoms with Crippen LogP contribution in [0.25, 0.3) is 0 Å². The van der Waals surface area contributed by atoms with Gasteiger partial charge in [0.25, 0.3) is 0 Å². The molecule has 8 nitrogen and oxygen atoms in total. The summed E-state index contributed by atoms with van der Waals surface area (Å²) >= 11 is 0. The van der Waals surface area contributed by atoms with Gasteiger partial charge in [0.1, 0.15) is 11.8 Å². The first kappa shape index (κ1) is 25.4. The third kappa shape index (κ3) is 7.35. The molecule has 0 spiro atoms. The number of nitrogens with one attached hydrogen (secondary N) is 2. The molecule has 0 fully saturated rings. The van der Waals surface area contributed by atoms with Crippen LogP contribution in [0.5, 0.6) is 5.75 Å². The van der Waals surface area contributed by atoms with Crippen molar-refractivity contribution in [1.29, 1.82) is 0 Å². The molecule has 0 saturated carbocycles. The van der Waals surface area contributed by atoms with Crippen molar-refractivity contribution in [2.24, 2.45) is 0 Å². The Balaban J connectivity index is 2.03. The molecule has 0 aliphatic rings. The van der Waals surface area contributed by atoms with Gasteiger partial charge in [-0.05, 0) is 47.7 Å². The SMILES string of the molecule is CCOC(=O)C(Cc1ccc(O)cc1)NC(=O)CNS(=O)(=O)c1ccc(C(C)(C)C)cc1. The fourth-order valence-corrected chi connectivity index (χ4v) is 3.91. The Morgan fingerprint density at radius 2 is 1.62 bits per heavy atom. The summed E-state index contributed by atoms with van der Waals surface area (Å²) in [5, 5.41) is 11.9. The lowest BCUT2D eigenvalue weighted by molar-refractivity contribution is -0.147. The molecule has 9 heteroatoms. The van der Waals surface area contributed by atoms with Crippen LogP contribution >= 0.6 is 0 Å². The fourth-order valence-electron chi connectivity index (χ4n) is 2.93. The van der Waals surface area contributed by atoms with Crippen LogP contribution in [0.3, 0.4) is 0 Å². The lowest BCUT2D eigenvalue weighted by atomic mass is 9.87. The van der Waals surface area contributed by atoms with Crippen LogP contribution in [0.2, 0.25) is 0 Å².